The average molecular weight is 258 g/mol. The molecule has 1 aliphatic carbocycles. The molecule has 1 nitrogen and oxygen atoms in total. The molecule has 3 heteroatoms. The number of benzene rings is 1. The van der Waals surface area contributed by atoms with E-state index in [4.69, 9.17) is 23.2 Å². The van der Waals surface area contributed by atoms with Gasteiger partial charge in [-0.05, 0) is 37.6 Å². The van der Waals surface area contributed by atoms with Gasteiger partial charge >= 0.3 is 0 Å². The maximum absolute atomic E-state index is 6.32. The SMILES string of the molecule is CNCC1(c2c(Cl)cccc2Cl)CCCC1. The summed E-state index contributed by atoms with van der Waals surface area (Å²) in [6, 6.07) is 5.80. The second-order valence-electron chi connectivity index (χ2n) is 4.61. The first-order valence-electron chi connectivity index (χ1n) is 5.79. The fourth-order valence-corrected chi connectivity index (χ4v) is 3.71. The quantitative estimate of drug-likeness (QED) is 0.863. The summed E-state index contributed by atoms with van der Waals surface area (Å²) in [6.07, 6.45) is 4.89. The normalized spacial score (nSPS) is 18.9. The van der Waals surface area contributed by atoms with Gasteiger partial charge in [0.15, 0.2) is 0 Å². The Labute approximate surface area is 107 Å². The summed E-state index contributed by atoms with van der Waals surface area (Å²) in [6.45, 7) is 0.955. The molecule has 1 saturated carbocycles. The van der Waals surface area contributed by atoms with Crippen LogP contribution in [0, 0.1) is 0 Å². The van der Waals surface area contributed by atoms with Crippen molar-refractivity contribution < 1.29 is 0 Å². The molecule has 0 saturated heterocycles. The molecule has 88 valence electrons. The third kappa shape index (κ3) is 2.09. The Morgan fingerprint density at radius 2 is 1.75 bits per heavy atom. The second kappa shape index (κ2) is 4.95. The minimum absolute atomic E-state index is 0.143. The van der Waals surface area contributed by atoms with Crippen LogP contribution >= 0.6 is 23.2 Å². The lowest BCUT2D eigenvalue weighted by Gasteiger charge is -2.31. The van der Waals surface area contributed by atoms with Crippen LogP contribution in [-0.2, 0) is 5.41 Å². The summed E-state index contributed by atoms with van der Waals surface area (Å²) >= 11 is 12.6. The Balaban J connectivity index is 2.46. The molecule has 0 aliphatic heterocycles. The molecular formula is C13H17Cl2N. The number of nitrogens with one attached hydrogen (secondary N) is 1. The van der Waals surface area contributed by atoms with Gasteiger partial charge in [-0.1, -0.05) is 42.1 Å². The lowest BCUT2D eigenvalue weighted by molar-refractivity contribution is 0.421. The highest BCUT2D eigenvalue weighted by Crippen LogP contribution is 2.46. The maximum Gasteiger partial charge on any atom is 0.0459 e. The molecule has 16 heavy (non-hydrogen) atoms. The van der Waals surface area contributed by atoms with Crippen molar-refractivity contribution in [1.29, 1.82) is 0 Å². The zero-order valence-corrected chi connectivity index (χ0v) is 11.0. The van der Waals surface area contributed by atoms with Gasteiger partial charge < -0.3 is 5.32 Å². The Morgan fingerprint density at radius 1 is 1.19 bits per heavy atom. The minimum atomic E-state index is 0.143. The van der Waals surface area contributed by atoms with Gasteiger partial charge in [0.1, 0.15) is 0 Å². The molecule has 0 bridgehead atoms. The highest BCUT2D eigenvalue weighted by molar-refractivity contribution is 6.36. The number of likely N-dealkylation sites (N-methyl/N-ethyl adjacent to an activating group) is 1. The molecule has 0 spiro atoms. The van der Waals surface area contributed by atoms with Gasteiger partial charge in [0.25, 0.3) is 0 Å². The van der Waals surface area contributed by atoms with Crippen molar-refractivity contribution in [3.63, 3.8) is 0 Å². The molecule has 1 aromatic rings. The van der Waals surface area contributed by atoms with Gasteiger partial charge in [-0.2, -0.15) is 0 Å². The van der Waals surface area contributed by atoms with E-state index in [0.717, 1.165) is 22.2 Å². The fourth-order valence-electron chi connectivity index (χ4n) is 2.91. The predicted molar refractivity (Wildman–Crippen MR) is 70.5 cm³/mol. The van der Waals surface area contributed by atoms with Crippen LogP contribution < -0.4 is 5.32 Å². The standard InChI is InChI=1S/C13H17Cl2N/c1-16-9-13(7-2-3-8-13)12-10(14)5-4-6-11(12)15/h4-6,16H,2-3,7-9H2,1H3. The molecule has 1 fully saturated rings. The first-order valence-corrected chi connectivity index (χ1v) is 6.54. The van der Waals surface area contributed by atoms with Crippen LogP contribution in [0.4, 0.5) is 0 Å². The summed E-state index contributed by atoms with van der Waals surface area (Å²) in [5.74, 6) is 0. The van der Waals surface area contributed by atoms with Crippen molar-refractivity contribution in [3.05, 3.63) is 33.8 Å². The van der Waals surface area contributed by atoms with Crippen LogP contribution in [0.15, 0.2) is 18.2 Å². The van der Waals surface area contributed by atoms with Crippen LogP contribution in [0.2, 0.25) is 10.0 Å². The van der Waals surface area contributed by atoms with Gasteiger partial charge in [-0.3, -0.25) is 0 Å². The molecule has 0 heterocycles. The molecule has 0 amide bonds. The first-order chi connectivity index (χ1) is 7.69. The Hall–Kier alpha value is -0.240. The summed E-state index contributed by atoms with van der Waals surface area (Å²) in [5.41, 5.74) is 1.29. The van der Waals surface area contributed by atoms with Gasteiger partial charge in [0.05, 0.1) is 0 Å². The summed E-state index contributed by atoms with van der Waals surface area (Å²) in [4.78, 5) is 0. The van der Waals surface area contributed by atoms with E-state index in [1.165, 1.54) is 25.7 Å². The van der Waals surface area contributed by atoms with Gasteiger partial charge in [0.2, 0.25) is 0 Å². The van der Waals surface area contributed by atoms with Gasteiger partial charge in [0, 0.05) is 22.0 Å². The van der Waals surface area contributed by atoms with Crippen LogP contribution in [0.25, 0.3) is 0 Å². The van der Waals surface area contributed by atoms with Gasteiger partial charge in [-0.25, -0.2) is 0 Å². The fraction of sp³-hybridized carbons (Fsp3) is 0.538. The molecule has 0 atom stereocenters. The molecule has 2 rings (SSSR count). The highest BCUT2D eigenvalue weighted by Gasteiger charge is 2.37. The maximum atomic E-state index is 6.32. The third-order valence-corrected chi connectivity index (χ3v) is 4.20. The minimum Gasteiger partial charge on any atom is -0.319 e. The van der Waals surface area contributed by atoms with Crippen molar-refractivity contribution in [2.24, 2.45) is 0 Å². The van der Waals surface area contributed by atoms with E-state index in [2.05, 4.69) is 5.32 Å². The van der Waals surface area contributed by atoms with Crippen LogP contribution in [0.1, 0.15) is 31.2 Å². The summed E-state index contributed by atoms with van der Waals surface area (Å²) in [5, 5.41) is 4.91. The Morgan fingerprint density at radius 3 is 2.25 bits per heavy atom. The van der Waals surface area contributed by atoms with E-state index in [-0.39, 0.29) is 5.41 Å². The predicted octanol–water partition coefficient (Wildman–Crippen LogP) is 4.02. The second-order valence-corrected chi connectivity index (χ2v) is 5.43. The molecule has 0 aromatic heterocycles. The van der Waals surface area contributed by atoms with Crippen LogP contribution in [-0.4, -0.2) is 13.6 Å². The zero-order valence-electron chi connectivity index (χ0n) is 9.52. The summed E-state index contributed by atoms with van der Waals surface area (Å²) < 4.78 is 0. The number of rotatable bonds is 3. The van der Waals surface area contributed by atoms with Crippen LogP contribution in [0.3, 0.4) is 0 Å². The third-order valence-electron chi connectivity index (χ3n) is 3.57. The topological polar surface area (TPSA) is 12.0 Å². The lowest BCUT2D eigenvalue weighted by atomic mass is 9.78. The van der Waals surface area contributed by atoms with E-state index >= 15 is 0 Å². The lowest BCUT2D eigenvalue weighted by Crippen LogP contribution is -2.34. The Kier molecular flexibility index (Phi) is 3.78. The largest absolute Gasteiger partial charge is 0.319 e. The number of halogens is 2. The smallest absolute Gasteiger partial charge is 0.0459 e. The molecular weight excluding hydrogens is 241 g/mol. The first kappa shape index (κ1) is 12.2. The van der Waals surface area contributed by atoms with Crippen molar-refractivity contribution in [2.45, 2.75) is 31.1 Å². The van der Waals surface area contributed by atoms with Crippen molar-refractivity contribution >= 4 is 23.2 Å². The average Bonchev–Trinajstić information content (AvgIpc) is 2.67. The van der Waals surface area contributed by atoms with E-state index in [1.54, 1.807) is 0 Å². The Bertz CT molecular complexity index is 350. The summed E-state index contributed by atoms with van der Waals surface area (Å²) in [7, 11) is 1.99. The molecule has 1 N–H and O–H groups in total. The van der Waals surface area contributed by atoms with Crippen molar-refractivity contribution in [2.75, 3.05) is 13.6 Å². The zero-order chi connectivity index (χ0) is 11.6. The number of hydrogen-bond acceptors (Lipinski definition) is 1. The monoisotopic (exact) mass is 257 g/mol. The van der Waals surface area contributed by atoms with Crippen molar-refractivity contribution in [3.8, 4) is 0 Å². The van der Waals surface area contributed by atoms with E-state index in [0.29, 0.717) is 0 Å². The van der Waals surface area contributed by atoms with E-state index in [1.807, 2.05) is 25.2 Å². The highest BCUT2D eigenvalue weighted by atomic mass is 35.5. The van der Waals surface area contributed by atoms with Crippen LogP contribution in [0.5, 0.6) is 0 Å². The molecule has 0 unspecified atom stereocenters. The molecule has 0 radical (unpaired) electrons. The number of hydrogen-bond donors (Lipinski definition) is 1. The molecule has 1 aromatic carbocycles. The van der Waals surface area contributed by atoms with Crippen molar-refractivity contribution in [1.82, 2.24) is 5.32 Å². The van der Waals surface area contributed by atoms with E-state index in [9.17, 15) is 0 Å². The van der Waals surface area contributed by atoms with E-state index < -0.39 is 0 Å². The molecule has 1 aliphatic rings. The van der Waals surface area contributed by atoms with Gasteiger partial charge in [-0.15, -0.1) is 0 Å².